The summed E-state index contributed by atoms with van der Waals surface area (Å²) in [6, 6.07) is 0.145. The summed E-state index contributed by atoms with van der Waals surface area (Å²) in [7, 11) is 0. The molecule has 0 aliphatic rings. The van der Waals surface area contributed by atoms with E-state index in [2.05, 4.69) is 15.9 Å². The predicted molar refractivity (Wildman–Crippen MR) is 57.1 cm³/mol. The minimum atomic E-state index is -4.57. The van der Waals surface area contributed by atoms with Crippen LogP contribution >= 0.6 is 15.9 Å². The van der Waals surface area contributed by atoms with Gasteiger partial charge >= 0.3 is 12.2 Å². The van der Waals surface area contributed by atoms with E-state index in [1.807, 2.05) is 5.32 Å². The van der Waals surface area contributed by atoms with E-state index in [-0.39, 0.29) is 4.47 Å². The molecule has 0 saturated heterocycles. The zero-order valence-electron chi connectivity index (χ0n) is 8.54. The Hall–Kier alpha value is -1.38. The fourth-order valence-corrected chi connectivity index (χ4v) is 1.31. The molecule has 3 nitrogen and oxygen atoms in total. The molecule has 1 aromatic rings. The molecular formula is C9H6BrF5N2O. The van der Waals surface area contributed by atoms with E-state index in [0.29, 0.717) is 6.07 Å². The summed E-state index contributed by atoms with van der Waals surface area (Å²) in [6.07, 6.45) is -4.57. The first-order valence-electron chi connectivity index (χ1n) is 4.45. The third-order valence-electron chi connectivity index (χ3n) is 1.71. The fourth-order valence-electron chi connectivity index (χ4n) is 0.965. The monoisotopic (exact) mass is 332 g/mol. The van der Waals surface area contributed by atoms with Gasteiger partial charge in [0.15, 0.2) is 0 Å². The first-order chi connectivity index (χ1) is 8.19. The van der Waals surface area contributed by atoms with Gasteiger partial charge in [0.2, 0.25) is 0 Å². The number of benzene rings is 1. The van der Waals surface area contributed by atoms with Crippen LogP contribution in [0.1, 0.15) is 0 Å². The molecule has 0 radical (unpaired) electrons. The van der Waals surface area contributed by atoms with Gasteiger partial charge in [-0.25, -0.2) is 13.6 Å². The van der Waals surface area contributed by atoms with Gasteiger partial charge in [-0.3, -0.25) is 0 Å². The summed E-state index contributed by atoms with van der Waals surface area (Å²) in [5.74, 6) is -1.99. The Morgan fingerprint density at radius 1 is 1.22 bits per heavy atom. The molecule has 0 heterocycles. The predicted octanol–water partition coefficient (Wildman–Crippen LogP) is 3.41. The molecule has 0 atom stereocenters. The van der Waals surface area contributed by atoms with Crippen LogP contribution in [-0.4, -0.2) is 18.8 Å². The van der Waals surface area contributed by atoms with Gasteiger partial charge in [-0.2, -0.15) is 13.2 Å². The van der Waals surface area contributed by atoms with Crippen molar-refractivity contribution in [3.05, 3.63) is 28.2 Å². The molecule has 0 aliphatic carbocycles. The van der Waals surface area contributed by atoms with Gasteiger partial charge < -0.3 is 10.6 Å². The molecule has 0 saturated carbocycles. The number of rotatable bonds is 2. The molecule has 0 unspecified atom stereocenters. The van der Waals surface area contributed by atoms with E-state index in [1.54, 1.807) is 0 Å². The summed E-state index contributed by atoms with van der Waals surface area (Å²) in [4.78, 5) is 11.0. The Labute approximate surface area is 106 Å². The maximum absolute atomic E-state index is 13.1. The number of amides is 2. The van der Waals surface area contributed by atoms with Gasteiger partial charge in [-0.1, -0.05) is 0 Å². The highest BCUT2D eigenvalue weighted by molar-refractivity contribution is 9.10. The van der Waals surface area contributed by atoms with E-state index in [9.17, 15) is 26.7 Å². The normalized spacial score (nSPS) is 11.2. The number of alkyl halides is 3. The molecule has 0 aliphatic heterocycles. The summed E-state index contributed by atoms with van der Waals surface area (Å²) in [5.41, 5.74) is -0.442. The molecule has 0 fully saturated rings. The van der Waals surface area contributed by atoms with E-state index in [1.165, 1.54) is 5.32 Å². The topological polar surface area (TPSA) is 41.1 Å². The highest BCUT2D eigenvalue weighted by Gasteiger charge is 2.27. The summed E-state index contributed by atoms with van der Waals surface area (Å²) < 4.78 is 61.2. The average molecular weight is 333 g/mol. The minimum absolute atomic E-state index is 0.130. The van der Waals surface area contributed by atoms with Crippen LogP contribution in [0.3, 0.4) is 0 Å². The second-order valence-corrected chi connectivity index (χ2v) is 4.02. The SMILES string of the molecule is O=C(NCC(F)(F)F)Nc1cc(Br)c(F)cc1F. The molecule has 0 spiro atoms. The zero-order chi connectivity index (χ0) is 13.9. The number of halogens is 6. The maximum Gasteiger partial charge on any atom is 0.405 e. The quantitative estimate of drug-likeness (QED) is 0.632. The van der Waals surface area contributed by atoms with Gasteiger partial charge in [0.05, 0.1) is 10.2 Å². The number of urea groups is 1. The van der Waals surface area contributed by atoms with Crippen molar-refractivity contribution in [2.24, 2.45) is 0 Å². The van der Waals surface area contributed by atoms with Crippen molar-refractivity contribution in [2.45, 2.75) is 6.18 Å². The Kier molecular flexibility index (Phi) is 4.49. The van der Waals surface area contributed by atoms with Gasteiger partial charge in [0.1, 0.15) is 18.2 Å². The van der Waals surface area contributed by atoms with Crippen molar-refractivity contribution in [1.82, 2.24) is 5.32 Å². The smallest absolute Gasteiger partial charge is 0.329 e. The molecular weight excluding hydrogens is 327 g/mol. The van der Waals surface area contributed by atoms with Crippen LogP contribution in [0, 0.1) is 11.6 Å². The third-order valence-corrected chi connectivity index (χ3v) is 2.32. The number of carbonyl (C=O) groups is 1. The van der Waals surface area contributed by atoms with Gasteiger partial charge in [0.25, 0.3) is 0 Å². The second-order valence-electron chi connectivity index (χ2n) is 3.17. The van der Waals surface area contributed by atoms with Crippen molar-refractivity contribution >= 4 is 27.6 Å². The van der Waals surface area contributed by atoms with Crippen molar-refractivity contribution in [3.8, 4) is 0 Å². The van der Waals surface area contributed by atoms with Crippen molar-refractivity contribution in [2.75, 3.05) is 11.9 Å². The number of hydrogen-bond donors (Lipinski definition) is 2. The number of hydrogen-bond acceptors (Lipinski definition) is 1. The van der Waals surface area contributed by atoms with Crippen LogP contribution in [0.25, 0.3) is 0 Å². The molecule has 2 amide bonds. The van der Waals surface area contributed by atoms with Gasteiger partial charge in [0, 0.05) is 6.07 Å². The Morgan fingerprint density at radius 2 is 1.83 bits per heavy atom. The lowest BCUT2D eigenvalue weighted by atomic mass is 10.3. The molecule has 9 heteroatoms. The van der Waals surface area contributed by atoms with Gasteiger partial charge in [-0.15, -0.1) is 0 Å². The number of carbonyl (C=O) groups excluding carboxylic acids is 1. The van der Waals surface area contributed by atoms with Crippen LogP contribution < -0.4 is 10.6 Å². The van der Waals surface area contributed by atoms with Crippen LogP contribution in [0.4, 0.5) is 32.4 Å². The Bertz CT molecular complexity index is 463. The van der Waals surface area contributed by atoms with Gasteiger partial charge in [-0.05, 0) is 22.0 Å². The standard InChI is InChI=1S/C9H6BrF5N2O/c10-4-1-7(6(12)2-5(4)11)17-8(18)16-3-9(13,14)15/h1-2H,3H2,(H2,16,17,18). The van der Waals surface area contributed by atoms with Crippen molar-refractivity contribution in [1.29, 1.82) is 0 Å². The average Bonchev–Trinajstić information content (AvgIpc) is 2.22. The first-order valence-corrected chi connectivity index (χ1v) is 5.24. The van der Waals surface area contributed by atoms with E-state index >= 15 is 0 Å². The lowest BCUT2D eigenvalue weighted by Gasteiger charge is -2.10. The maximum atomic E-state index is 13.1. The Balaban J connectivity index is 2.68. The lowest BCUT2D eigenvalue weighted by molar-refractivity contribution is -0.122. The van der Waals surface area contributed by atoms with Crippen LogP contribution in [0.15, 0.2) is 16.6 Å². The highest BCUT2D eigenvalue weighted by atomic mass is 79.9. The zero-order valence-corrected chi connectivity index (χ0v) is 10.1. The van der Waals surface area contributed by atoms with Crippen LogP contribution in [0.2, 0.25) is 0 Å². The highest BCUT2D eigenvalue weighted by Crippen LogP contribution is 2.23. The molecule has 100 valence electrons. The fraction of sp³-hybridized carbons (Fsp3) is 0.222. The molecule has 1 rings (SSSR count). The summed E-state index contributed by atoms with van der Waals surface area (Å²) in [6.45, 7) is -1.55. The third kappa shape index (κ3) is 4.47. The molecule has 0 aromatic heterocycles. The van der Waals surface area contributed by atoms with Crippen LogP contribution in [-0.2, 0) is 0 Å². The summed E-state index contributed by atoms with van der Waals surface area (Å²) >= 11 is 2.75. The molecule has 18 heavy (non-hydrogen) atoms. The first kappa shape index (κ1) is 14.7. The Morgan fingerprint density at radius 3 is 2.39 bits per heavy atom. The molecule has 2 N–H and O–H groups in total. The van der Waals surface area contributed by atoms with E-state index in [0.717, 1.165) is 6.07 Å². The lowest BCUT2D eigenvalue weighted by Crippen LogP contribution is -2.36. The van der Waals surface area contributed by atoms with E-state index < -0.39 is 36.1 Å². The summed E-state index contributed by atoms with van der Waals surface area (Å²) in [5, 5.41) is 3.31. The molecule has 1 aromatic carbocycles. The minimum Gasteiger partial charge on any atom is -0.329 e. The van der Waals surface area contributed by atoms with Crippen molar-refractivity contribution < 1.29 is 26.7 Å². The van der Waals surface area contributed by atoms with E-state index in [4.69, 9.17) is 0 Å². The van der Waals surface area contributed by atoms with Crippen LogP contribution in [0.5, 0.6) is 0 Å². The molecule has 0 bridgehead atoms. The van der Waals surface area contributed by atoms with Crippen molar-refractivity contribution in [3.63, 3.8) is 0 Å². The number of anilines is 1. The number of nitrogens with one attached hydrogen (secondary N) is 2. The largest absolute Gasteiger partial charge is 0.405 e. The second kappa shape index (κ2) is 5.51.